The van der Waals surface area contributed by atoms with Gasteiger partial charge in [0, 0.05) is 16.7 Å². The number of rotatable bonds is 3. The molecule has 0 aliphatic carbocycles. The van der Waals surface area contributed by atoms with Gasteiger partial charge in [0.1, 0.15) is 4.90 Å². The van der Waals surface area contributed by atoms with Crippen LogP contribution in [0.3, 0.4) is 0 Å². The molecule has 1 aromatic rings. The van der Waals surface area contributed by atoms with E-state index in [9.17, 15) is 13.2 Å². The number of amides is 1. The normalized spacial score (nSPS) is 11.7. The van der Waals surface area contributed by atoms with Crippen LogP contribution in [-0.4, -0.2) is 20.4 Å². The lowest BCUT2D eigenvalue weighted by molar-refractivity contribution is 0.0943. The van der Waals surface area contributed by atoms with Crippen molar-refractivity contribution in [3.63, 3.8) is 0 Å². The average molecular weight is 365 g/mol. The van der Waals surface area contributed by atoms with Crippen molar-refractivity contribution in [1.82, 2.24) is 5.32 Å². The second-order valence-corrected chi connectivity index (χ2v) is 7.62. The summed E-state index contributed by atoms with van der Waals surface area (Å²) >= 11 is 17.5. The Morgan fingerprint density at radius 3 is 2.16 bits per heavy atom. The largest absolute Gasteiger partial charge is 0.350 e. The fourth-order valence-electron chi connectivity index (χ4n) is 1.29. The van der Waals surface area contributed by atoms with Crippen molar-refractivity contribution in [3.05, 3.63) is 26.7 Å². The van der Waals surface area contributed by atoms with Gasteiger partial charge in [0.25, 0.3) is 15.0 Å². The van der Waals surface area contributed by atoms with Crippen molar-refractivity contribution in [3.8, 4) is 0 Å². The van der Waals surface area contributed by atoms with Crippen molar-refractivity contribution < 1.29 is 13.2 Å². The first kappa shape index (κ1) is 16.9. The van der Waals surface area contributed by atoms with Crippen molar-refractivity contribution in [2.45, 2.75) is 24.8 Å². The fraction of sp³-hybridized carbons (Fsp3) is 0.300. The number of carbonyl (C=O) groups excluding carboxylic acids is 1. The Morgan fingerprint density at radius 1 is 1.21 bits per heavy atom. The summed E-state index contributed by atoms with van der Waals surface area (Å²) in [4.78, 5) is 11.5. The molecular weight excluding hydrogens is 356 g/mol. The Balaban J connectivity index is 3.56. The second-order valence-electron chi connectivity index (χ2n) is 3.93. The molecule has 1 aromatic carbocycles. The molecule has 4 nitrogen and oxygen atoms in total. The van der Waals surface area contributed by atoms with E-state index in [-0.39, 0.29) is 26.7 Å². The van der Waals surface area contributed by atoms with Crippen LogP contribution in [0.5, 0.6) is 0 Å². The topological polar surface area (TPSA) is 63.2 Å². The Labute approximate surface area is 130 Å². The van der Waals surface area contributed by atoms with Crippen LogP contribution >= 0.6 is 45.5 Å². The molecule has 0 heterocycles. The molecule has 0 aliphatic heterocycles. The van der Waals surface area contributed by atoms with E-state index >= 15 is 0 Å². The van der Waals surface area contributed by atoms with Crippen LogP contribution in [0.1, 0.15) is 24.2 Å². The van der Waals surface area contributed by atoms with E-state index in [0.717, 1.165) is 6.07 Å². The summed E-state index contributed by atoms with van der Waals surface area (Å²) in [5.41, 5.74) is -0.219. The van der Waals surface area contributed by atoms with Crippen molar-refractivity contribution in [2.24, 2.45) is 0 Å². The Bertz CT molecular complexity index is 628. The highest BCUT2D eigenvalue weighted by Gasteiger charge is 2.26. The first-order valence-corrected chi connectivity index (χ1v) is 8.43. The molecule has 0 saturated carbocycles. The van der Waals surface area contributed by atoms with Gasteiger partial charge in [-0.25, -0.2) is 8.42 Å². The van der Waals surface area contributed by atoms with Gasteiger partial charge in [0.05, 0.1) is 20.6 Å². The first-order chi connectivity index (χ1) is 8.55. The molecule has 0 spiro atoms. The van der Waals surface area contributed by atoms with Crippen molar-refractivity contribution >= 4 is 60.4 Å². The highest BCUT2D eigenvalue weighted by atomic mass is 35.7. The monoisotopic (exact) mass is 363 g/mol. The summed E-state index contributed by atoms with van der Waals surface area (Å²) in [5.74, 6) is -0.630. The molecule has 0 unspecified atom stereocenters. The van der Waals surface area contributed by atoms with Gasteiger partial charge >= 0.3 is 0 Å². The zero-order valence-corrected chi connectivity index (χ0v) is 13.6. The predicted octanol–water partition coefficient (Wildman–Crippen LogP) is 3.71. The van der Waals surface area contributed by atoms with E-state index in [0.29, 0.717) is 0 Å². The third-order valence-electron chi connectivity index (χ3n) is 2.03. The molecule has 0 aromatic heterocycles. The van der Waals surface area contributed by atoms with Crippen LogP contribution in [0.25, 0.3) is 0 Å². The zero-order chi connectivity index (χ0) is 15.0. The first-order valence-electron chi connectivity index (χ1n) is 4.98. The lowest BCUT2D eigenvalue weighted by atomic mass is 10.2. The number of hydrogen-bond acceptors (Lipinski definition) is 3. The summed E-state index contributed by atoms with van der Waals surface area (Å²) < 4.78 is 22.7. The minimum absolute atomic E-state index is 0.126. The molecule has 0 radical (unpaired) electrons. The number of carbonyl (C=O) groups is 1. The van der Waals surface area contributed by atoms with Crippen LogP contribution in [0, 0.1) is 0 Å². The van der Waals surface area contributed by atoms with Crippen LogP contribution < -0.4 is 5.32 Å². The van der Waals surface area contributed by atoms with Gasteiger partial charge in [-0.3, -0.25) is 4.79 Å². The quantitative estimate of drug-likeness (QED) is 0.656. The van der Waals surface area contributed by atoms with Gasteiger partial charge in [0.15, 0.2) is 0 Å². The molecule has 1 N–H and O–H groups in total. The Hall–Kier alpha value is -0.200. The van der Waals surface area contributed by atoms with Crippen LogP contribution in [0.15, 0.2) is 11.0 Å². The fourth-order valence-corrected chi connectivity index (χ4v) is 3.44. The molecular formula is C10H9Cl4NO3S. The Kier molecular flexibility index (Phi) is 5.37. The second kappa shape index (κ2) is 6.06. The third-order valence-corrected chi connectivity index (χ3v) is 4.67. The van der Waals surface area contributed by atoms with Gasteiger partial charge in [-0.05, 0) is 19.9 Å². The third kappa shape index (κ3) is 3.89. The van der Waals surface area contributed by atoms with Crippen molar-refractivity contribution in [2.75, 3.05) is 0 Å². The number of hydrogen-bond donors (Lipinski definition) is 1. The molecule has 0 saturated heterocycles. The van der Waals surface area contributed by atoms with Crippen molar-refractivity contribution in [1.29, 1.82) is 0 Å². The van der Waals surface area contributed by atoms with E-state index in [1.807, 2.05) is 0 Å². The number of nitrogens with one attached hydrogen (secondary N) is 1. The van der Waals surface area contributed by atoms with E-state index in [4.69, 9.17) is 45.5 Å². The minimum Gasteiger partial charge on any atom is -0.350 e. The summed E-state index contributed by atoms with van der Waals surface area (Å²) in [6, 6.07) is 0.815. The zero-order valence-electron chi connectivity index (χ0n) is 9.80. The Morgan fingerprint density at radius 2 is 1.74 bits per heavy atom. The summed E-state index contributed by atoms with van der Waals surface area (Å²) in [6.07, 6.45) is 0. The van der Waals surface area contributed by atoms with Gasteiger partial charge < -0.3 is 5.32 Å². The molecule has 1 rings (SSSR count). The van der Waals surface area contributed by atoms with E-state index in [1.54, 1.807) is 13.8 Å². The SMILES string of the molecule is CC(C)NC(=O)c1c(Cl)c(Cl)cc(S(=O)(=O)Cl)c1Cl. The average Bonchev–Trinajstić information content (AvgIpc) is 2.20. The van der Waals surface area contributed by atoms with Gasteiger partial charge in [-0.2, -0.15) is 0 Å². The maximum absolute atomic E-state index is 12.0. The highest BCUT2D eigenvalue weighted by Crippen LogP contribution is 2.37. The van der Waals surface area contributed by atoms with Crippen LogP contribution in [0.4, 0.5) is 0 Å². The predicted molar refractivity (Wildman–Crippen MR) is 77.1 cm³/mol. The number of benzene rings is 1. The lowest BCUT2D eigenvalue weighted by Gasteiger charge is -2.13. The molecule has 106 valence electrons. The molecule has 0 bridgehead atoms. The molecule has 0 fully saturated rings. The molecule has 0 aliphatic rings. The number of halogens is 4. The molecule has 9 heteroatoms. The van der Waals surface area contributed by atoms with E-state index in [2.05, 4.69) is 5.32 Å². The maximum Gasteiger partial charge on any atom is 0.262 e. The van der Waals surface area contributed by atoms with Gasteiger partial charge in [-0.1, -0.05) is 34.8 Å². The van der Waals surface area contributed by atoms with E-state index < -0.39 is 19.9 Å². The summed E-state index contributed by atoms with van der Waals surface area (Å²) in [6.45, 7) is 3.45. The highest BCUT2D eigenvalue weighted by molar-refractivity contribution is 8.13. The standard InChI is InChI=1S/C10H9Cl4NO3S/c1-4(2)15-10(16)7-8(12)5(11)3-6(9(7)13)19(14,17)18/h3-4H,1-2H3,(H,15,16). The van der Waals surface area contributed by atoms with Gasteiger partial charge in [0.2, 0.25) is 0 Å². The summed E-state index contributed by atoms with van der Waals surface area (Å²) in [7, 11) is 1.08. The smallest absolute Gasteiger partial charge is 0.262 e. The lowest BCUT2D eigenvalue weighted by Crippen LogP contribution is -2.30. The maximum atomic E-state index is 12.0. The minimum atomic E-state index is -4.14. The molecule has 19 heavy (non-hydrogen) atoms. The molecule has 1 amide bonds. The summed E-state index contributed by atoms with van der Waals surface area (Å²) in [5, 5.41) is 1.93. The van der Waals surface area contributed by atoms with E-state index in [1.165, 1.54) is 0 Å². The van der Waals surface area contributed by atoms with Gasteiger partial charge in [-0.15, -0.1) is 0 Å². The van der Waals surface area contributed by atoms with Crippen LogP contribution in [-0.2, 0) is 9.05 Å². The molecule has 0 atom stereocenters. The van der Waals surface area contributed by atoms with Crippen LogP contribution in [0.2, 0.25) is 15.1 Å².